The Morgan fingerprint density at radius 1 is 0.283 bits per heavy atom. The second-order valence-corrected chi connectivity index (χ2v) is 31.5. The van der Waals surface area contributed by atoms with E-state index >= 15 is 0 Å². The fourth-order valence-electron chi connectivity index (χ4n) is 16.7. The Balaban J connectivity index is 0.903. The summed E-state index contributed by atoms with van der Waals surface area (Å²) < 4.78 is 7.37. The van der Waals surface area contributed by atoms with Crippen LogP contribution < -0.4 is 57.1 Å². The van der Waals surface area contributed by atoms with Crippen LogP contribution in [-0.2, 0) is 10.8 Å². The lowest BCUT2D eigenvalue weighted by atomic mass is 9.31. The number of para-hydroxylation sites is 6. The van der Waals surface area contributed by atoms with E-state index in [0.717, 1.165) is 129 Å². The lowest BCUT2D eigenvalue weighted by Crippen LogP contribution is -2.64. The molecule has 0 bridgehead atoms. The van der Waals surface area contributed by atoms with Gasteiger partial charge in [0.25, 0.3) is 13.4 Å². The molecule has 0 radical (unpaired) electrons. The number of rotatable bonds is 12. The Morgan fingerprint density at radius 2 is 0.745 bits per heavy atom. The standard InChI is InChI=1S/C98H76B2N4OS/c1-97(2,3)71-52-46-68(47-53-71)80-40-27-41-81(69-48-54-72(55-49-69)98(4,5)6)96(80)104-87-64-92-85(63-84(87)99-82-42-22-24-44-86(82)103(75-37-20-11-21-38-75)88-59-78(60-89(104)94(88)99)101(73-33-16-9-17-34-73)74-35-18-10-19-36-74)100-83-43-23-25-45-90(83)105-91-61-79(62-93(106-92)95(91)100)102(76-56-50-67(51-57-76)65-28-12-7-13-29-65)77-39-26-32-70(58-77)66-30-14-8-15-31-66/h7-64H,1-6H3. The van der Waals surface area contributed by atoms with Crippen molar-refractivity contribution < 1.29 is 4.74 Å². The molecule has 0 N–H and O–H groups in total. The molecule has 15 aromatic carbocycles. The molecular weight excluding hydrogens is 1300 g/mol. The molecule has 0 spiro atoms. The molecule has 0 saturated carbocycles. The van der Waals surface area contributed by atoms with Crippen molar-refractivity contribution in [2.75, 3.05) is 19.6 Å². The van der Waals surface area contributed by atoms with Crippen molar-refractivity contribution >= 4 is 126 Å². The molecule has 0 amide bonds. The van der Waals surface area contributed by atoms with E-state index in [2.05, 4.69) is 413 Å². The summed E-state index contributed by atoms with van der Waals surface area (Å²) in [7, 11) is 0. The van der Waals surface area contributed by atoms with Gasteiger partial charge in [0.2, 0.25) is 0 Å². The summed E-state index contributed by atoms with van der Waals surface area (Å²) in [4.78, 5) is 12.5. The molecule has 0 unspecified atom stereocenters. The van der Waals surface area contributed by atoms with Crippen LogP contribution in [0.1, 0.15) is 52.7 Å². The average molecular weight is 1380 g/mol. The monoisotopic (exact) mass is 1380 g/mol. The SMILES string of the molecule is CC(C)(C)c1ccc(-c2cccc(-c3ccc(C(C)(C)C)cc3)c2N2c3cc4c(cc3B3c5ccccc5N(c5ccccc5)c5cc(N(c6ccccc6)c6ccccc6)cc2c53)B2c3ccccc3Oc3cc(N(c5ccc(-c6ccccc6)cc5)c5cccc(-c6ccccc6)c5)cc(c32)S4)cc1. The molecule has 106 heavy (non-hydrogen) atoms. The maximum atomic E-state index is 7.37. The van der Waals surface area contributed by atoms with Crippen molar-refractivity contribution in [3.8, 4) is 56.0 Å². The van der Waals surface area contributed by atoms with Gasteiger partial charge >= 0.3 is 0 Å². The first-order valence-corrected chi connectivity index (χ1v) is 37.8. The van der Waals surface area contributed by atoms with Gasteiger partial charge in [0, 0.05) is 78.2 Å². The molecule has 15 aromatic rings. The third-order valence-electron chi connectivity index (χ3n) is 21.8. The predicted molar refractivity (Wildman–Crippen MR) is 451 cm³/mol. The highest BCUT2D eigenvalue weighted by Gasteiger charge is 2.48. The number of benzene rings is 15. The predicted octanol–water partition coefficient (Wildman–Crippen LogP) is 23.1. The molecule has 0 aliphatic carbocycles. The Kier molecular flexibility index (Phi) is 15.8. The number of nitrogens with zero attached hydrogens (tertiary/aromatic N) is 4. The number of fused-ring (bicyclic) bond motifs is 8. The van der Waals surface area contributed by atoms with Crippen LogP contribution in [0.2, 0.25) is 0 Å². The lowest BCUT2D eigenvalue weighted by molar-refractivity contribution is 0.486. The van der Waals surface area contributed by atoms with Gasteiger partial charge in [-0.3, -0.25) is 0 Å². The van der Waals surface area contributed by atoms with E-state index in [9.17, 15) is 0 Å². The van der Waals surface area contributed by atoms with Crippen LogP contribution in [0, 0.1) is 0 Å². The van der Waals surface area contributed by atoms with Crippen molar-refractivity contribution in [2.45, 2.75) is 62.2 Å². The molecule has 8 heteroatoms. The molecule has 4 aliphatic heterocycles. The minimum Gasteiger partial charge on any atom is -0.458 e. The van der Waals surface area contributed by atoms with E-state index in [4.69, 9.17) is 4.74 Å². The summed E-state index contributed by atoms with van der Waals surface area (Å²) in [5.74, 6) is 1.72. The highest BCUT2D eigenvalue weighted by Crippen LogP contribution is 2.54. The molecule has 4 heterocycles. The second kappa shape index (κ2) is 25.9. The van der Waals surface area contributed by atoms with Crippen molar-refractivity contribution in [3.05, 3.63) is 363 Å². The molecular formula is C98H76B2N4OS. The van der Waals surface area contributed by atoms with Crippen molar-refractivity contribution in [1.82, 2.24) is 0 Å². The van der Waals surface area contributed by atoms with Gasteiger partial charge in [-0.2, -0.15) is 0 Å². The highest BCUT2D eigenvalue weighted by atomic mass is 32.2. The maximum Gasteiger partial charge on any atom is 0.253 e. The van der Waals surface area contributed by atoms with Crippen molar-refractivity contribution in [3.63, 3.8) is 0 Å². The van der Waals surface area contributed by atoms with Gasteiger partial charge in [0.05, 0.1) is 17.1 Å². The lowest BCUT2D eigenvalue weighted by Gasteiger charge is -2.46. The van der Waals surface area contributed by atoms with Gasteiger partial charge in [0.1, 0.15) is 11.5 Å². The smallest absolute Gasteiger partial charge is 0.253 e. The minimum absolute atomic E-state index is 0.0512. The van der Waals surface area contributed by atoms with Crippen LogP contribution in [0.5, 0.6) is 11.5 Å². The fourth-order valence-corrected chi connectivity index (χ4v) is 17.9. The first kappa shape index (κ1) is 64.6. The van der Waals surface area contributed by atoms with Crippen molar-refractivity contribution in [2.24, 2.45) is 0 Å². The zero-order chi connectivity index (χ0) is 71.4. The molecule has 0 fully saturated rings. The third kappa shape index (κ3) is 11.2. The number of hydrogen-bond donors (Lipinski definition) is 0. The molecule has 19 rings (SSSR count). The first-order valence-electron chi connectivity index (χ1n) is 36.9. The first-order chi connectivity index (χ1) is 51.8. The van der Waals surface area contributed by atoms with Gasteiger partial charge in [-0.1, -0.05) is 307 Å². The highest BCUT2D eigenvalue weighted by molar-refractivity contribution is 8.00. The van der Waals surface area contributed by atoms with Crippen LogP contribution in [0.3, 0.4) is 0 Å². The summed E-state index contributed by atoms with van der Waals surface area (Å²) in [5.41, 5.74) is 32.0. The zero-order valence-corrected chi connectivity index (χ0v) is 61.1. The van der Waals surface area contributed by atoms with E-state index in [1.54, 1.807) is 0 Å². The van der Waals surface area contributed by atoms with E-state index in [0.29, 0.717) is 0 Å². The topological polar surface area (TPSA) is 22.2 Å². The quantitative estimate of drug-likeness (QED) is 0.113. The third-order valence-corrected chi connectivity index (χ3v) is 23.0. The zero-order valence-electron chi connectivity index (χ0n) is 60.2. The summed E-state index contributed by atoms with van der Waals surface area (Å²) in [5, 5.41) is 0. The second-order valence-electron chi connectivity index (χ2n) is 30.4. The average Bonchev–Trinajstić information content (AvgIpc) is 0.687. The van der Waals surface area contributed by atoms with Crippen molar-refractivity contribution in [1.29, 1.82) is 0 Å². The normalized spacial score (nSPS) is 13.0. The molecule has 0 aromatic heterocycles. The van der Waals surface area contributed by atoms with E-state index < -0.39 is 0 Å². The van der Waals surface area contributed by atoms with Gasteiger partial charge in [-0.15, -0.1) is 0 Å². The van der Waals surface area contributed by atoms with E-state index in [1.807, 2.05) is 11.8 Å². The van der Waals surface area contributed by atoms with E-state index in [1.165, 1.54) is 48.9 Å². The van der Waals surface area contributed by atoms with Crippen LogP contribution in [0.15, 0.2) is 362 Å². The minimum atomic E-state index is -0.210. The fraction of sp³-hybridized carbons (Fsp3) is 0.0816. The van der Waals surface area contributed by atoms with Crippen LogP contribution in [0.4, 0.5) is 68.2 Å². The van der Waals surface area contributed by atoms with Crippen LogP contribution in [-0.4, -0.2) is 13.4 Å². The Bertz CT molecular complexity index is 5750. The molecule has 5 nitrogen and oxygen atoms in total. The number of anilines is 12. The molecule has 0 atom stereocenters. The summed E-state index contributed by atoms with van der Waals surface area (Å²) in [6, 6.07) is 131. The Labute approximate surface area is 627 Å². The van der Waals surface area contributed by atoms with Gasteiger partial charge in [0.15, 0.2) is 0 Å². The largest absolute Gasteiger partial charge is 0.458 e. The Hall–Kier alpha value is -12.2. The number of hydrogen-bond acceptors (Lipinski definition) is 6. The van der Waals surface area contributed by atoms with E-state index in [-0.39, 0.29) is 24.3 Å². The van der Waals surface area contributed by atoms with Crippen LogP contribution in [0.25, 0.3) is 44.5 Å². The van der Waals surface area contributed by atoms with Gasteiger partial charge in [-0.05, 0) is 180 Å². The van der Waals surface area contributed by atoms with Gasteiger partial charge in [-0.25, -0.2) is 0 Å². The maximum absolute atomic E-state index is 7.37. The molecule has 0 saturated heterocycles. The van der Waals surface area contributed by atoms with Gasteiger partial charge < -0.3 is 24.3 Å². The molecule has 506 valence electrons. The summed E-state index contributed by atoms with van der Waals surface area (Å²) >= 11 is 1.87. The number of ether oxygens (including phenoxy) is 1. The Morgan fingerprint density at radius 3 is 1.36 bits per heavy atom. The molecule has 4 aliphatic rings. The summed E-state index contributed by atoms with van der Waals surface area (Å²) in [6.45, 7) is 13.5. The van der Waals surface area contributed by atoms with Crippen LogP contribution >= 0.6 is 11.8 Å². The summed E-state index contributed by atoms with van der Waals surface area (Å²) in [6.07, 6.45) is 0.